The van der Waals surface area contributed by atoms with Gasteiger partial charge in [-0.3, -0.25) is 14.9 Å². The SMILES string of the molecule is COc1ccc(C(=O)COc2ccc([N+](=O)[O-])c(C)c2)cc1OC. The van der Waals surface area contributed by atoms with E-state index in [1.54, 1.807) is 25.1 Å². The molecule has 2 aromatic rings. The second-order valence-electron chi connectivity index (χ2n) is 4.99. The average molecular weight is 331 g/mol. The normalized spacial score (nSPS) is 10.1. The zero-order valence-electron chi connectivity index (χ0n) is 13.6. The third-order valence-electron chi connectivity index (χ3n) is 3.44. The first kappa shape index (κ1) is 17.3. The fourth-order valence-electron chi connectivity index (χ4n) is 2.16. The average Bonchev–Trinajstić information content (AvgIpc) is 2.58. The first-order valence-electron chi connectivity index (χ1n) is 7.09. The van der Waals surface area contributed by atoms with Gasteiger partial charge in [-0.05, 0) is 37.3 Å². The number of nitro groups is 1. The van der Waals surface area contributed by atoms with Crippen molar-refractivity contribution in [1.29, 1.82) is 0 Å². The molecular weight excluding hydrogens is 314 g/mol. The van der Waals surface area contributed by atoms with E-state index >= 15 is 0 Å². The summed E-state index contributed by atoms with van der Waals surface area (Å²) in [5, 5.41) is 10.8. The lowest BCUT2D eigenvalue weighted by Gasteiger charge is -2.10. The van der Waals surface area contributed by atoms with Crippen LogP contribution in [0, 0.1) is 17.0 Å². The molecule has 0 aromatic heterocycles. The molecule has 0 unspecified atom stereocenters. The minimum Gasteiger partial charge on any atom is -0.493 e. The summed E-state index contributed by atoms with van der Waals surface area (Å²) in [6.07, 6.45) is 0. The van der Waals surface area contributed by atoms with Crippen molar-refractivity contribution in [2.24, 2.45) is 0 Å². The Morgan fingerprint density at radius 2 is 1.79 bits per heavy atom. The van der Waals surface area contributed by atoms with Gasteiger partial charge in [-0.15, -0.1) is 0 Å². The number of methoxy groups -OCH3 is 2. The van der Waals surface area contributed by atoms with Crippen LogP contribution in [0.4, 0.5) is 5.69 Å². The molecule has 0 N–H and O–H groups in total. The van der Waals surface area contributed by atoms with Gasteiger partial charge < -0.3 is 14.2 Å². The summed E-state index contributed by atoms with van der Waals surface area (Å²) >= 11 is 0. The Morgan fingerprint density at radius 1 is 1.08 bits per heavy atom. The predicted molar refractivity (Wildman–Crippen MR) is 87.2 cm³/mol. The van der Waals surface area contributed by atoms with Crippen molar-refractivity contribution in [3.05, 3.63) is 57.6 Å². The minimum atomic E-state index is -0.464. The zero-order chi connectivity index (χ0) is 17.7. The number of aryl methyl sites for hydroxylation is 1. The van der Waals surface area contributed by atoms with Crippen LogP contribution in [0.2, 0.25) is 0 Å². The van der Waals surface area contributed by atoms with E-state index in [2.05, 4.69) is 0 Å². The summed E-state index contributed by atoms with van der Waals surface area (Å²) in [4.78, 5) is 22.5. The van der Waals surface area contributed by atoms with Gasteiger partial charge in [0.2, 0.25) is 0 Å². The van der Waals surface area contributed by atoms with Gasteiger partial charge in [0, 0.05) is 17.2 Å². The van der Waals surface area contributed by atoms with Crippen molar-refractivity contribution < 1.29 is 23.9 Å². The monoisotopic (exact) mass is 331 g/mol. The van der Waals surface area contributed by atoms with Crippen LogP contribution >= 0.6 is 0 Å². The lowest BCUT2D eigenvalue weighted by atomic mass is 10.1. The molecule has 2 rings (SSSR count). The van der Waals surface area contributed by atoms with Gasteiger partial charge in [0.05, 0.1) is 19.1 Å². The number of carbonyl (C=O) groups is 1. The summed E-state index contributed by atoms with van der Waals surface area (Å²) in [5.74, 6) is 1.13. The zero-order valence-corrected chi connectivity index (χ0v) is 13.6. The van der Waals surface area contributed by atoms with Gasteiger partial charge in [0.1, 0.15) is 5.75 Å². The molecule has 0 saturated carbocycles. The number of Topliss-reactive ketones (excluding diaryl/α,β-unsaturated/α-hetero) is 1. The maximum absolute atomic E-state index is 12.2. The van der Waals surface area contributed by atoms with E-state index in [4.69, 9.17) is 14.2 Å². The summed E-state index contributed by atoms with van der Waals surface area (Å²) < 4.78 is 15.7. The third kappa shape index (κ3) is 3.81. The second-order valence-corrected chi connectivity index (χ2v) is 4.99. The Bertz CT molecular complexity index is 772. The molecule has 0 spiro atoms. The summed E-state index contributed by atoms with van der Waals surface area (Å²) in [5.41, 5.74) is 0.899. The van der Waals surface area contributed by atoms with Crippen molar-refractivity contribution in [3.63, 3.8) is 0 Å². The molecule has 24 heavy (non-hydrogen) atoms. The van der Waals surface area contributed by atoms with Gasteiger partial charge in [-0.25, -0.2) is 0 Å². The fourth-order valence-corrected chi connectivity index (χ4v) is 2.16. The maximum atomic E-state index is 12.2. The van der Waals surface area contributed by atoms with Gasteiger partial charge >= 0.3 is 0 Å². The van der Waals surface area contributed by atoms with E-state index in [9.17, 15) is 14.9 Å². The first-order valence-corrected chi connectivity index (χ1v) is 7.09. The highest BCUT2D eigenvalue weighted by molar-refractivity contribution is 5.97. The first-order chi connectivity index (χ1) is 11.5. The second kappa shape index (κ2) is 7.45. The number of hydrogen-bond acceptors (Lipinski definition) is 6. The predicted octanol–water partition coefficient (Wildman–Crippen LogP) is 3.18. The fraction of sp³-hybridized carbons (Fsp3) is 0.235. The molecule has 0 fully saturated rings. The molecule has 0 aliphatic heterocycles. The van der Waals surface area contributed by atoms with Crippen molar-refractivity contribution in [2.45, 2.75) is 6.92 Å². The Morgan fingerprint density at radius 3 is 2.38 bits per heavy atom. The molecule has 0 bridgehead atoms. The van der Waals surface area contributed by atoms with Gasteiger partial charge in [-0.1, -0.05) is 0 Å². The summed E-state index contributed by atoms with van der Waals surface area (Å²) in [6, 6.07) is 9.18. The van der Waals surface area contributed by atoms with E-state index in [0.29, 0.717) is 28.4 Å². The van der Waals surface area contributed by atoms with E-state index in [-0.39, 0.29) is 18.1 Å². The van der Waals surface area contributed by atoms with Crippen LogP contribution in [0.25, 0.3) is 0 Å². The standard InChI is InChI=1S/C17H17NO6/c1-11-8-13(5-6-14(11)18(20)21)24-10-15(19)12-4-7-16(22-2)17(9-12)23-3/h4-9H,10H2,1-3H3. The molecule has 7 nitrogen and oxygen atoms in total. The van der Waals surface area contributed by atoms with Crippen LogP contribution in [0.3, 0.4) is 0 Å². The Hall–Kier alpha value is -3.09. The molecule has 7 heteroatoms. The molecular formula is C17H17NO6. The molecule has 0 atom stereocenters. The molecule has 0 saturated heterocycles. The topological polar surface area (TPSA) is 87.9 Å². The maximum Gasteiger partial charge on any atom is 0.272 e. The molecule has 0 heterocycles. The Labute approximate surface area is 138 Å². The van der Waals surface area contributed by atoms with Crippen LogP contribution in [0.5, 0.6) is 17.2 Å². The molecule has 126 valence electrons. The van der Waals surface area contributed by atoms with Crippen LogP contribution in [-0.2, 0) is 0 Å². The van der Waals surface area contributed by atoms with Crippen LogP contribution < -0.4 is 14.2 Å². The smallest absolute Gasteiger partial charge is 0.272 e. The Kier molecular flexibility index (Phi) is 5.36. The lowest BCUT2D eigenvalue weighted by molar-refractivity contribution is -0.385. The molecule has 0 radical (unpaired) electrons. The number of hydrogen-bond donors (Lipinski definition) is 0. The van der Waals surface area contributed by atoms with Crippen LogP contribution in [0.1, 0.15) is 15.9 Å². The lowest BCUT2D eigenvalue weighted by Crippen LogP contribution is -2.12. The number of rotatable bonds is 7. The van der Waals surface area contributed by atoms with Gasteiger partial charge in [0.25, 0.3) is 5.69 Å². The van der Waals surface area contributed by atoms with Crippen molar-refractivity contribution in [3.8, 4) is 17.2 Å². The van der Waals surface area contributed by atoms with Gasteiger partial charge in [0.15, 0.2) is 23.9 Å². The highest BCUT2D eigenvalue weighted by Crippen LogP contribution is 2.28. The molecule has 2 aromatic carbocycles. The van der Waals surface area contributed by atoms with E-state index in [1.165, 1.54) is 32.4 Å². The van der Waals surface area contributed by atoms with Crippen LogP contribution in [-0.4, -0.2) is 31.5 Å². The number of benzene rings is 2. The highest BCUT2D eigenvalue weighted by Gasteiger charge is 2.14. The van der Waals surface area contributed by atoms with E-state index in [1.807, 2.05) is 0 Å². The van der Waals surface area contributed by atoms with Gasteiger partial charge in [-0.2, -0.15) is 0 Å². The van der Waals surface area contributed by atoms with Crippen molar-refractivity contribution in [1.82, 2.24) is 0 Å². The van der Waals surface area contributed by atoms with Crippen molar-refractivity contribution in [2.75, 3.05) is 20.8 Å². The van der Waals surface area contributed by atoms with Crippen LogP contribution in [0.15, 0.2) is 36.4 Å². The third-order valence-corrected chi connectivity index (χ3v) is 3.44. The number of ether oxygens (including phenoxy) is 3. The number of carbonyl (C=O) groups excluding carboxylic acids is 1. The number of nitrogens with zero attached hydrogens (tertiary/aromatic N) is 1. The number of nitro benzene ring substituents is 1. The molecule has 0 aliphatic carbocycles. The highest BCUT2D eigenvalue weighted by atomic mass is 16.6. The molecule has 0 aliphatic rings. The summed E-state index contributed by atoms with van der Waals surface area (Å²) in [7, 11) is 3.00. The quantitative estimate of drug-likeness (QED) is 0.440. The van der Waals surface area contributed by atoms with E-state index < -0.39 is 4.92 Å². The number of ketones is 1. The van der Waals surface area contributed by atoms with E-state index in [0.717, 1.165) is 0 Å². The largest absolute Gasteiger partial charge is 0.493 e. The minimum absolute atomic E-state index is 0.00793. The Balaban J connectivity index is 2.08. The summed E-state index contributed by atoms with van der Waals surface area (Å²) in [6.45, 7) is 1.42. The van der Waals surface area contributed by atoms with Crippen molar-refractivity contribution >= 4 is 11.5 Å². The molecule has 0 amide bonds.